The number of hydrogen-bond acceptors (Lipinski definition) is 6. The maximum absolute atomic E-state index is 13.3. The van der Waals surface area contributed by atoms with Crippen LogP contribution in [0, 0.1) is 11.6 Å². The molecule has 0 atom stereocenters. The minimum absolute atomic E-state index is 0.279. The average Bonchev–Trinajstić information content (AvgIpc) is 2.65. The van der Waals surface area contributed by atoms with E-state index in [1.54, 1.807) is 24.1 Å². The molecule has 0 aliphatic carbocycles. The van der Waals surface area contributed by atoms with Crippen LogP contribution in [0.15, 0.2) is 30.5 Å². The van der Waals surface area contributed by atoms with E-state index in [-0.39, 0.29) is 12.0 Å². The van der Waals surface area contributed by atoms with Gasteiger partial charge in [-0.15, -0.1) is 0 Å². The van der Waals surface area contributed by atoms with Gasteiger partial charge in [0.25, 0.3) is 0 Å². The summed E-state index contributed by atoms with van der Waals surface area (Å²) in [4.78, 5) is 23.9. The average molecular weight is 363 g/mol. The lowest BCUT2D eigenvalue weighted by atomic mass is 10.3. The summed E-state index contributed by atoms with van der Waals surface area (Å²) in [7, 11) is 0. The van der Waals surface area contributed by atoms with Gasteiger partial charge in [0.15, 0.2) is 11.6 Å². The normalized spacial score (nSPS) is 14.3. The number of piperazine rings is 1. The number of ether oxygens (including phenoxy) is 1. The van der Waals surface area contributed by atoms with Gasteiger partial charge in [-0.1, -0.05) is 0 Å². The SMILES string of the molecule is CCOC(=O)N1CCN(c2ccnc(Nc3ccc(F)c(F)c3)n2)CC1. The molecule has 1 aromatic heterocycles. The molecule has 3 rings (SSSR count). The summed E-state index contributed by atoms with van der Waals surface area (Å²) < 4.78 is 31.3. The first-order chi connectivity index (χ1) is 12.6. The Morgan fingerprint density at radius 3 is 2.65 bits per heavy atom. The fourth-order valence-corrected chi connectivity index (χ4v) is 2.62. The molecule has 9 heteroatoms. The molecule has 1 N–H and O–H groups in total. The van der Waals surface area contributed by atoms with Crippen molar-refractivity contribution in [1.29, 1.82) is 0 Å². The Morgan fingerprint density at radius 2 is 1.96 bits per heavy atom. The summed E-state index contributed by atoms with van der Waals surface area (Å²) in [6, 6.07) is 5.25. The molecular formula is C17H19F2N5O2. The molecule has 0 saturated carbocycles. The van der Waals surface area contributed by atoms with Crippen LogP contribution in [0.4, 0.5) is 31.0 Å². The number of rotatable bonds is 4. The van der Waals surface area contributed by atoms with Crippen LogP contribution in [-0.2, 0) is 4.74 Å². The summed E-state index contributed by atoms with van der Waals surface area (Å²) in [5, 5.41) is 2.86. The Morgan fingerprint density at radius 1 is 1.19 bits per heavy atom. The number of halogens is 2. The van der Waals surface area contributed by atoms with Gasteiger partial charge in [-0.05, 0) is 25.1 Å². The second-order valence-corrected chi connectivity index (χ2v) is 5.67. The zero-order valence-electron chi connectivity index (χ0n) is 14.3. The molecule has 26 heavy (non-hydrogen) atoms. The Kier molecular flexibility index (Phi) is 5.45. The molecule has 2 heterocycles. The smallest absolute Gasteiger partial charge is 0.409 e. The molecule has 1 fully saturated rings. The number of amides is 1. The van der Waals surface area contributed by atoms with E-state index in [0.29, 0.717) is 44.3 Å². The van der Waals surface area contributed by atoms with Crippen LogP contribution in [0.25, 0.3) is 0 Å². The minimum atomic E-state index is -0.943. The molecule has 138 valence electrons. The highest BCUT2D eigenvalue weighted by Gasteiger charge is 2.22. The summed E-state index contributed by atoms with van der Waals surface area (Å²) in [5.74, 6) is -0.888. The topological polar surface area (TPSA) is 70.6 Å². The van der Waals surface area contributed by atoms with Crippen LogP contribution < -0.4 is 10.2 Å². The van der Waals surface area contributed by atoms with Gasteiger partial charge in [-0.2, -0.15) is 4.98 Å². The van der Waals surface area contributed by atoms with E-state index in [2.05, 4.69) is 15.3 Å². The van der Waals surface area contributed by atoms with Gasteiger partial charge in [0, 0.05) is 44.1 Å². The van der Waals surface area contributed by atoms with Gasteiger partial charge in [0.2, 0.25) is 5.95 Å². The molecular weight excluding hydrogens is 344 g/mol. The summed E-state index contributed by atoms with van der Waals surface area (Å²) in [6.45, 7) is 4.42. The van der Waals surface area contributed by atoms with Crippen molar-refractivity contribution < 1.29 is 18.3 Å². The summed E-state index contributed by atoms with van der Waals surface area (Å²) in [5.41, 5.74) is 0.355. The quantitative estimate of drug-likeness (QED) is 0.901. The number of aromatic nitrogens is 2. The highest BCUT2D eigenvalue weighted by atomic mass is 19.2. The van der Waals surface area contributed by atoms with Crippen LogP contribution in [0.5, 0.6) is 0 Å². The largest absolute Gasteiger partial charge is 0.450 e. The molecule has 1 amide bonds. The highest BCUT2D eigenvalue weighted by molar-refractivity contribution is 5.68. The lowest BCUT2D eigenvalue weighted by Crippen LogP contribution is -2.49. The molecule has 7 nitrogen and oxygen atoms in total. The Bertz CT molecular complexity index is 781. The number of nitrogens with one attached hydrogen (secondary N) is 1. The molecule has 1 aromatic carbocycles. The van der Waals surface area contributed by atoms with Gasteiger partial charge in [-0.25, -0.2) is 18.6 Å². The first kappa shape index (κ1) is 17.8. The van der Waals surface area contributed by atoms with E-state index in [9.17, 15) is 13.6 Å². The Labute approximate surface area is 149 Å². The predicted molar refractivity (Wildman–Crippen MR) is 92.5 cm³/mol. The van der Waals surface area contributed by atoms with Gasteiger partial charge in [0.1, 0.15) is 5.82 Å². The zero-order valence-corrected chi connectivity index (χ0v) is 14.3. The predicted octanol–water partition coefficient (Wildman–Crippen LogP) is 2.78. The summed E-state index contributed by atoms with van der Waals surface area (Å²) in [6.07, 6.45) is 1.28. The zero-order chi connectivity index (χ0) is 18.5. The van der Waals surface area contributed by atoms with Gasteiger partial charge in [0.05, 0.1) is 6.61 Å². The van der Waals surface area contributed by atoms with Crippen LogP contribution in [0.2, 0.25) is 0 Å². The van der Waals surface area contributed by atoms with E-state index in [0.717, 1.165) is 12.1 Å². The second kappa shape index (κ2) is 7.94. The fourth-order valence-electron chi connectivity index (χ4n) is 2.62. The van der Waals surface area contributed by atoms with Crippen molar-refractivity contribution in [3.8, 4) is 0 Å². The number of nitrogens with zero attached hydrogens (tertiary/aromatic N) is 4. The van der Waals surface area contributed by atoms with Crippen LogP contribution >= 0.6 is 0 Å². The molecule has 0 radical (unpaired) electrons. The van der Waals surface area contributed by atoms with Crippen LogP contribution in [-0.4, -0.2) is 53.7 Å². The van der Waals surface area contributed by atoms with Crippen LogP contribution in [0.1, 0.15) is 6.92 Å². The van der Waals surface area contributed by atoms with E-state index in [1.807, 2.05) is 4.90 Å². The van der Waals surface area contributed by atoms with Crippen molar-refractivity contribution in [3.05, 3.63) is 42.1 Å². The lowest BCUT2D eigenvalue weighted by Gasteiger charge is -2.34. The van der Waals surface area contributed by atoms with E-state index < -0.39 is 11.6 Å². The molecule has 1 aliphatic rings. The second-order valence-electron chi connectivity index (χ2n) is 5.67. The standard InChI is InChI=1S/C17H19F2N5O2/c1-2-26-17(25)24-9-7-23(8-10-24)15-5-6-20-16(22-15)21-12-3-4-13(18)14(19)11-12/h3-6,11H,2,7-10H2,1H3,(H,20,21,22). The van der Waals surface area contributed by atoms with Crippen molar-refractivity contribution in [1.82, 2.24) is 14.9 Å². The molecule has 0 spiro atoms. The van der Waals surface area contributed by atoms with Gasteiger partial charge in [-0.3, -0.25) is 0 Å². The lowest BCUT2D eigenvalue weighted by molar-refractivity contribution is 0.105. The molecule has 1 aliphatic heterocycles. The van der Waals surface area contributed by atoms with Crippen molar-refractivity contribution >= 4 is 23.5 Å². The molecule has 0 unspecified atom stereocenters. The van der Waals surface area contributed by atoms with Crippen molar-refractivity contribution in [2.75, 3.05) is 43.0 Å². The third-order valence-electron chi connectivity index (χ3n) is 3.95. The monoisotopic (exact) mass is 363 g/mol. The maximum Gasteiger partial charge on any atom is 0.409 e. The Hall–Kier alpha value is -2.97. The Balaban J connectivity index is 1.64. The first-order valence-electron chi connectivity index (χ1n) is 8.28. The van der Waals surface area contributed by atoms with Crippen molar-refractivity contribution in [3.63, 3.8) is 0 Å². The molecule has 1 saturated heterocycles. The van der Waals surface area contributed by atoms with Crippen molar-refractivity contribution in [2.45, 2.75) is 6.92 Å². The van der Waals surface area contributed by atoms with Gasteiger partial charge < -0.3 is 19.9 Å². The number of carbonyl (C=O) groups is 1. The maximum atomic E-state index is 13.3. The number of benzene rings is 1. The molecule has 2 aromatic rings. The van der Waals surface area contributed by atoms with Crippen LogP contribution in [0.3, 0.4) is 0 Å². The third kappa shape index (κ3) is 4.16. The van der Waals surface area contributed by atoms with E-state index in [1.165, 1.54) is 6.07 Å². The number of anilines is 3. The first-order valence-corrected chi connectivity index (χ1v) is 8.28. The highest BCUT2D eigenvalue weighted by Crippen LogP contribution is 2.19. The van der Waals surface area contributed by atoms with Crippen molar-refractivity contribution in [2.24, 2.45) is 0 Å². The third-order valence-corrected chi connectivity index (χ3v) is 3.95. The molecule has 0 bridgehead atoms. The summed E-state index contributed by atoms with van der Waals surface area (Å²) >= 11 is 0. The number of carbonyl (C=O) groups excluding carboxylic acids is 1. The number of hydrogen-bond donors (Lipinski definition) is 1. The fraction of sp³-hybridized carbons (Fsp3) is 0.353. The van der Waals surface area contributed by atoms with E-state index >= 15 is 0 Å². The van der Waals surface area contributed by atoms with Gasteiger partial charge >= 0.3 is 6.09 Å². The minimum Gasteiger partial charge on any atom is -0.450 e. The van der Waals surface area contributed by atoms with E-state index in [4.69, 9.17) is 4.74 Å².